The van der Waals surface area contributed by atoms with Crippen LogP contribution in [0.25, 0.3) is 0 Å². The number of carbonyl (C=O) groups excluding carboxylic acids is 1. The first-order chi connectivity index (χ1) is 10.1. The van der Waals surface area contributed by atoms with E-state index in [1.807, 2.05) is 0 Å². The Labute approximate surface area is 130 Å². The minimum Gasteiger partial charge on any atom is -0.440 e. The van der Waals surface area contributed by atoms with Crippen molar-refractivity contribution in [2.24, 2.45) is 5.92 Å². The number of carbonyl (C=O) groups is 1. The molecule has 1 aromatic heterocycles. The first kappa shape index (κ1) is 16.3. The van der Waals surface area contributed by atoms with Gasteiger partial charge in [-0.3, -0.25) is 9.69 Å². The highest BCUT2D eigenvalue weighted by molar-refractivity contribution is 6.29. The van der Waals surface area contributed by atoms with Gasteiger partial charge in [0, 0.05) is 25.7 Å². The van der Waals surface area contributed by atoms with Gasteiger partial charge in [-0.25, -0.2) is 0 Å². The number of ether oxygens (including phenoxy) is 1. The highest BCUT2D eigenvalue weighted by Crippen LogP contribution is 2.15. The zero-order valence-corrected chi connectivity index (χ0v) is 13.4. The third-order valence-corrected chi connectivity index (χ3v) is 3.80. The second-order valence-corrected chi connectivity index (χ2v) is 6.12. The summed E-state index contributed by atoms with van der Waals surface area (Å²) in [6, 6.07) is 3.48. The van der Waals surface area contributed by atoms with E-state index in [0.717, 1.165) is 32.7 Å². The Kier molecular flexibility index (Phi) is 6.08. The second-order valence-electron chi connectivity index (χ2n) is 5.75. The molecule has 1 aliphatic rings. The molecule has 1 aromatic rings. The van der Waals surface area contributed by atoms with Crippen LogP contribution >= 0.6 is 11.6 Å². The standard InChI is InChI=1S/C15H23ClN2O3/c1-11(2)9-12(18-5-7-20-8-6-18)10-17-15(19)13-3-4-14(16)21-13/h3-4,11-12H,5-10H2,1-2H3,(H,17,19). The van der Waals surface area contributed by atoms with Gasteiger partial charge >= 0.3 is 0 Å². The van der Waals surface area contributed by atoms with Crippen molar-refractivity contribution in [2.75, 3.05) is 32.8 Å². The number of morpholine rings is 1. The maximum Gasteiger partial charge on any atom is 0.287 e. The van der Waals surface area contributed by atoms with Crippen LogP contribution in [0.15, 0.2) is 16.5 Å². The molecular weight excluding hydrogens is 292 g/mol. The maximum atomic E-state index is 12.0. The predicted molar refractivity (Wildman–Crippen MR) is 81.7 cm³/mol. The highest BCUT2D eigenvalue weighted by Gasteiger charge is 2.23. The molecule has 1 fully saturated rings. The summed E-state index contributed by atoms with van der Waals surface area (Å²) < 4.78 is 10.5. The summed E-state index contributed by atoms with van der Waals surface area (Å²) in [6.07, 6.45) is 1.04. The lowest BCUT2D eigenvalue weighted by Crippen LogP contribution is -2.49. The second kappa shape index (κ2) is 7.82. The van der Waals surface area contributed by atoms with Crippen LogP contribution in [0, 0.1) is 5.92 Å². The van der Waals surface area contributed by atoms with E-state index in [1.165, 1.54) is 0 Å². The van der Waals surface area contributed by atoms with Crippen LogP contribution in [-0.4, -0.2) is 49.7 Å². The third-order valence-electron chi connectivity index (χ3n) is 3.60. The fourth-order valence-electron chi connectivity index (χ4n) is 2.58. The van der Waals surface area contributed by atoms with Gasteiger partial charge in [0.05, 0.1) is 13.2 Å². The zero-order valence-electron chi connectivity index (χ0n) is 12.6. The molecule has 6 heteroatoms. The number of hydrogen-bond acceptors (Lipinski definition) is 4. The molecule has 1 aliphatic heterocycles. The number of rotatable bonds is 6. The van der Waals surface area contributed by atoms with Gasteiger partial charge < -0.3 is 14.5 Å². The van der Waals surface area contributed by atoms with Gasteiger partial charge in [-0.05, 0) is 36.1 Å². The summed E-state index contributed by atoms with van der Waals surface area (Å²) >= 11 is 5.69. The summed E-state index contributed by atoms with van der Waals surface area (Å²) in [7, 11) is 0. The Morgan fingerprint density at radius 2 is 2.10 bits per heavy atom. The first-order valence-electron chi connectivity index (χ1n) is 7.41. The first-order valence-corrected chi connectivity index (χ1v) is 7.79. The summed E-state index contributed by atoms with van der Waals surface area (Å²) in [5.41, 5.74) is 0. The Hall–Kier alpha value is -1.04. The molecule has 21 heavy (non-hydrogen) atoms. The average Bonchev–Trinajstić information content (AvgIpc) is 2.90. The summed E-state index contributed by atoms with van der Waals surface area (Å²) in [4.78, 5) is 14.4. The SMILES string of the molecule is CC(C)CC(CNC(=O)c1ccc(Cl)o1)N1CCOCC1. The lowest BCUT2D eigenvalue weighted by Gasteiger charge is -2.35. The van der Waals surface area contributed by atoms with Crippen LogP contribution in [0.1, 0.15) is 30.8 Å². The van der Waals surface area contributed by atoms with Crippen molar-refractivity contribution in [2.45, 2.75) is 26.3 Å². The van der Waals surface area contributed by atoms with Crippen molar-refractivity contribution >= 4 is 17.5 Å². The minimum atomic E-state index is -0.219. The normalized spacial score (nSPS) is 17.9. The molecule has 1 unspecified atom stereocenters. The van der Waals surface area contributed by atoms with Gasteiger partial charge in [-0.15, -0.1) is 0 Å². The predicted octanol–water partition coefficient (Wildman–Crippen LogP) is 2.41. The molecule has 2 rings (SSSR count). The van der Waals surface area contributed by atoms with Crippen molar-refractivity contribution in [3.63, 3.8) is 0 Å². The number of nitrogens with zero attached hydrogens (tertiary/aromatic N) is 1. The molecule has 0 radical (unpaired) electrons. The molecular formula is C15H23ClN2O3. The van der Waals surface area contributed by atoms with Gasteiger partial charge in [0.15, 0.2) is 11.0 Å². The number of hydrogen-bond donors (Lipinski definition) is 1. The smallest absolute Gasteiger partial charge is 0.287 e. The zero-order chi connectivity index (χ0) is 15.2. The molecule has 0 saturated carbocycles. The maximum absolute atomic E-state index is 12.0. The van der Waals surface area contributed by atoms with E-state index in [0.29, 0.717) is 18.5 Å². The van der Waals surface area contributed by atoms with Gasteiger partial charge in [0.2, 0.25) is 0 Å². The van der Waals surface area contributed by atoms with E-state index in [4.69, 9.17) is 20.8 Å². The van der Waals surface area contributed by atoms with E-state index in [9.17, 15) is 4.79 Å². The Balaban J connectivity index is 1.90. The van der Waals surface area contributed by atoms with Gasteiger partial charge in [0.25, 0.3) is 5.91 Å². The van der Waals surface area contributed by atoms with Gasteiger partial charge in [0.1, 0.15) is 0 Å². The quantitative estimate of drug-likeness (QED) is 0.876. The summed E-state index contributed by atoms with van der Waals surface area (Å²) in [6.45, 7) is 8.35. The van der Waals surface area contributed by atoms with E-state index in [-0.39, 0.29) is 16.9 Å². The number of halogens is 1. The topological polar surface area (TPSA) is 54.7 Å². The Morgan fingerprint density at radius 1 is 1.38 bits per heavy atom. The molecule has 0 bridgehead atoms. The van der Waals surface area contributed by atoms with E-state index in [2.05, 4.69) is 24.1 Å². The molecule has 0 aromatic carbocycles. The lowest BCUT2D eigenvalue weighted by molar-refractivity contribution is 0.0124. The van der Waals surface area contributed by atoms with E-state index in [1.54, 1.807) is 12.1 Å². The number of furan rings is 1. The molecule has 0 spiro atoms. The molecule has 2 heterocycles. The minimum absolute atomic E-state index is 0.219. The fourth-order valence-corrected chi connectivity index (χ4v) is 2.73. The molecule has 1 amide bonds. The van der Waals surface area contributed by atoms with Gasteiger partial charge in [-0.2, -0.15) is 0 Å². The van der Waals surface area contributed by atoms with E-state index >= 15 is 0 Å². The summed E-state index contributed by atoms with van der Waals surface area (Å²) in [5.74, 6) is 0.613. The van der Waals surface area contributed by atoms with Crippen molar-refractivity contribution in [1.29, 1.82) is 0 Å². The molecule has 0 aliphatic carbocycles. The number of nitrogens with one attached hydrogen (secondary N) is 1. The van der Waals surface area contributed by atoms with Crippen LogP contribution in [0.4, 0.5) is 0 Å². The van der Waals surface area contributed by atoms with E-state index < -0.39 is 0 Å². The fraction of sp³-hybridized carbons (Fsp3) is 0.667. The lowest BCUT2D eigenvalue weighted by atomic mass is 10.0. The average molecular weight is 315 g/mol. The Morgan fingerprint density at radius 3 is 2.67 bits per heavy atom. The third kappa shape index (κ3) is 5.02. The molecule has 5 nitrogen and oxygen atoms in total. The van der Waals surface area contributed by atoms with Crippen LogP contribution < -0.4 is 5.32 Å². The van der Waals surface area contributed by atoms with Crippen LogP contribution in [-0.2, 0) is 4.74 Å². The number of amides is 1. The van der Waals surface area contributed by atoms with Gasteiger partial charge in [-0.1, -0.05) is 13.8 Å². The summed E-state index contributed by atoms with van der Waals surface area (Å²) in [5, 5.41) is 3.17. The Bertz CT molecular complexity index is 456. The molecule has 1 saturated heterocycles. The molecule has 1 N–H and O–H groups in total. The molecule has 1 atom stereocenters. The van der Waals surface area contributed by atoms with Crippen LogP contribution in [0.5, 0.6) is 0 Å². The van der Waals surface area contributed by atoms with Crippen molar-refractivity contribution in [1.82, 2.24) is 10.2 Å². The molecule has 118 valence electrons. The highest BCUT2D eigenvalue weighted by atomic mass is 35.5. The van der Waals surface area contributed by atoms with Crippen molar-refractivity contribution in [3.8, 4) is 0 Å². The van der Waals surface area contributed by atoms with Crippen molar-refractivity contribution in [3.05, 3.63) is 23.1 Å². The monoisotopic (exact) mass is 314 g/mol. The largest absolute Gasteiger partial charge is 0.440 e. The van der Waals surface area contributed by atoms with Crippen LogP contribution in [0.3, 0.4) is 0 Å². The van der Waals surface area contributed by atoms with Crippen molar-refractivity contribution < 1.29 is 13.9 Å². The van der Waals surface area contributed by atoms with Crippen LogP contribution in [0.2, 0.25) is 5.22 Å².